The molecule has 0 atom stereocenters. The number of carboxylic acid groups (broad SMARTS) is 1. The predicted molar refractivity (Wildman–Crippen MR) is 43.2 cm³/mol. The maximum Gasteiger partial charge on any atom is 0.307 e. The molecule has 12 heavy (non-hydrogen) atoms. The van der Waals surface area contributed by atoms with Crippen LogP contribution >= 0.6 is 15.9 Å². The number of aliphatic carboxylic acids is 1. The van der Waals surface area contributed by atoms with Gasteiger partial charge in [0.1, 0.15) is 0 Å². The zero-order valence-electron chi connectivity index (χ0n) is 5.92. The van der Waals surface area contributed by atoms with Crippen molar-refractivity contribution in [1.82, 2.24) is 4.98 Å². The Kier molecular flexibility index (Phi) is 2.75. The number of carboxylic acids is 1. The van der Waals surface area contributed by atoms with Crippen molar-refractivity contribution in [2.75, 3.05) is 0 Å². The van der Waals surface area contributed by atoms with E-state index in [9.17, 15) is 9.18 Å². The fraction of sp³-hybridized carbons (Fsp3) is 0.143. The summed E-state index contributed by atoms with van der Waals surface area (Å²) in [4.78, 5) is 13.8. The van der Waals surface area contributed by atoms with E-state index in [1.165, 1.54) is 6.20 Å². The Morgan fingerprint density at radius 2 is 2.33 bits per heavy atom. The monoisotopic (exact) mass is 233 g/mol. The Morgan fingerprint density at radius 1 is 1.67 bits per heavy atom. The fourth-order valence-electron chi connectivity index (χ4n) is 0.746. The Morgan fingerprint density at radius 3 is 2.92 bits per heavy atom. The summed E-state index contributed by atoms with van der Waals surface area (Å²) in [5, 5.41) is 8.41. The first kappa shape index (κ1) is 9.12. The minimum absolute atomic E-state index is 0.167. The van der Waals surface area contributed by atoms with Crippen LogP contribution in [0.1, 0.15) is 5.56 Å². The van der Waals surface area contributed by atoms with Gasteiger partial charge in [0.05, 0.1) is 17.1 Å². The van der Waals surface area contributed by atoms with Crippen molar-refractivity contribution in [3.63, 3.8) is 0 Å². The molecule has 0 saturated carbocycles. The van der Waals surface area contributed by atoms with E-state index in [0.29, 0.717) is 5.56 Å². The third-order valence-electron chi connectivity index (χ3n) is 1.25. The molecule has 0 bridgehead atoms. The lowest BCUT2D eigenvalue weighted by Crippen LogP contribution is -2.02. The summed E-state index contributed by atoms with van der Waals surface area (Å²) in [5.74, 6) is -1.56. The van der Waals surface area contributed by atoms with E-state index in [4.69, 9.17) is 5.11 Å². The largest absolute Gasteiger partial charge is 0.481 e. The van der Waals surface area contributed by atoms with Crippen LogP contribution in [-0.2, 0) is 11.2 Å². The van der Waals surface area contributed by atoms with Crippen molar-refractivity contribution in [2.24, 2.45) is 0 Å². The molecule has 0 saturated heterocycles. The normalized spacial score (nSPS) is 9.83. The molecule has 0 aliphatic rings. The average Bonchev–Trinajstić information content (AvgIpc) is 1.98. The highest BCUT2D eigenvalue weighted by atomic mass is 79.9. The van der Waals surface area contributed by atoms with Crippen LogP contribution < -0.4 is 0 Å². The van der Waals surface area contributed by atoms with Gasteiger partial charge in [0.15, 0.2) is 5.82 Å². The highest BCUT2D eigenvalue weighted by Gasteiger charge is 2.08. The lowest BCUT2D eigenvalue weighted by atomic mass is 10.2. The number of hydrogen-bond acceptors (Lipinski definition) is 2. The van der Waals surface area contributed by atoms with Gasteiger partial charge in [-0.1, -0.05) is 0 Å². The number of pyridine rings is 1. The topological polar surface area (TPSA) is 50.2 Å². The molecule has 3 nitrogen and oxygen atoms in total. The van der Waals surface area contributed by atoms with Gasteiger partial charge >= 0.3 is 5.97 Å². The lowest BCUT2D eigenvalue weighted by molar-refractivity contribution is -0.136. The van der Waals surface area contributed by atoms with E-state index >= 15 is 0 Å². The van der Waals surface area contributed by atoms with E-state index in [2.05, 4.69) is 20.9 Å². The van der Waals surface area contributed by atoms with Gasteiger partial charge in [0.25, 0.3) is 0 Å². The maximum atomic E-state index is 12.7. The second kappa shape index (κ2) is 3.62. The standard InChI is InChI=1S/C7H5BrFNO2/c8-7-4(1-6(11)12)2-10-3-5(7)9/h2-3H,1H2,(H,11,12). The predicted octanol–water partition coefficient (Wildman–Crippen LogP) is 1.61. The Labute approximate surface area is 76.4 Å². The van der Waals surface area contributed by atoms with Gasteiger partial charge in [0.2, 0.25) is 0 Å². The quantitative estimate of drug-likeness (QED) is 0.845. The molecule has 5 heteroatoms. The highest BCUT2D eigenvalue weighted by Crippen LogP contribution is 2.19. The molecular formula is C7H5BrFNO2. The average molecular weight is 234 g/mol. The van der Waals surface area contributed by atoms with Crippen molar-refractivity contribution in [3.8, 4) is 0 Å². The third-order valence-corrected chi connectivity index (χ3v) is 2.14. The van der Waals surface area contributed by atoms with Crippen LogP contribution in [0.15, 0.2) is 16.9 Å². The third kappa shape index (κ3) is 2.01. The fourth-order valence-corrected chi connectivity index (χ4v) is 1.09. The molecule has 0 amide bonds. The zero-order chi connectivity index (χ0) is 9.14. The number of carbonyl (C=O) groups is 1. The van der Waals surface area contributed by atoms with Gasteiger partial charge in [-0.2, -0.15) is 0 Å². The summed E-state index contributed by atoms with van der Waals surface area (Å²) in [5.41, 5.74) is 0.336. The van der Waals surface area contributed by atoms with Crippen LogP contribution in [0.4, 0.5) is 4.39 Å². The summed E-state index contributed by atoms with van der Waals surface area (Å²) in [6, 6.07) is 0. The number of rotatable bonds is 2. The van der Waals surface area contributed by atoms with Crippen LogP contribution in [0.2, 0.25) is 0 Å². The van der Waals surface area contributed by atoms with Gasteiger partial charge in [0, 0.05) is 6.20 Å². The molecule has 1 rings (SSSR count). The summed E-state index contributed by atoms with van der Waals surface area (Å²) < 4.78 is 12.9. The number of halogens is 2. The first-order chi connectivity index (χ1) is 5.61. The molecule has 1 N–H and O–H groups in total. The zero-order valence-corrected chi connectivity index (χ0v) is 7.51. The van der Waals surface area contributed by atoms with Crippen LogP contribution in [0.5, 0.6) is 0 Å². The van der Waals surface area contributed by atoms with E-state index < -0.39 is 11.8 Å². The summed E-state index contributed by atoms with van der Waals surface area (Å²) in [6.07, 6.45) is 2.11. The van der Waals surface area contributed by atoms with Crippen LogP contribution in [-0.4, -0.2) is 16.1 Å². The van der Waals surface area contributed by atoms with Gasteiger partial charge in [-0.25, -0.2) is 4.39 Å². The summed E-state index contributed by atoms with van der Waals surface area (Å²) in [7, 11) is 0. The molecule has 64 valence electrons. The SMILES string of the molecule is O=C(O)Cc1cncc(F)c1Br. The lowest BCUT2D eigenvalue weighted by Gasteiger charge is -1.99. The van der Waals surface area contributed by atoms with Crippen LogP contribution in [0.25, 0.3) is 0 Å². The van der Waals surface area contributed by atoms with Gasteiger partial charge < -0.3 is 5.11 Å². The number of aromatic nitrogens is 1. The van der Waals surface area contributed by atoms with Crippen molar-refractivity contribution in [2.45, 2.75) is 6.42 Å². The Hall–Kier alpha value is -0.970. The molecule has 0 unspecified atom stereocenters. The van der Waals surface area contributed by atoms with E-state index in [-0.39, 0.29) is 10.9 Å². The van der Waals surface area contributed by atoms with Crippen LogP contribution in [0.3, 0.4) is 0 Å². The van der Waals surface area contributed by atoms with E-state index in [0.717, 1.165) is 6.20 Å². The number of nitrogens with zero attached hydrogens (tertiary/aromatic N) is 1. The van der Waals surface area contributed by atoms with E-state index in [1.54, 1.807) is 0 Å². The molecule has 1 aromatic heterocycles. The smallest absolute Gasteiger partial charge is 0.307 e. The first-order valence-electron chi connectivity index (χ1n) is 3.11. The second-order valence-corrected chi connectivity index (χ2v) is 2.96. The van der Waals surface area contributed by atoms with Crippen molar-refractivity contribution in [3.05, 3.63) is 28.2 Å². The van der Waals surface area contributed by atoms with Gasteiger partial charge in [-0.3, -0.25) is 9.78 Å². The molecule has 1 aromatic rings. The molecular weight excluding hydrogens is 229 g/mol. The maximum absolute atomic E-state index is 12.7. The first-order valence-corrected chi connectivity index (χ1v) is 3.90. The Balaban J connectivity index is 3.00. The number of hydrogen-bond donors (Lipinski definition) is 1. The summed E-state index contributed by atoms with van der Waals surface area (Å²) >= 11 is 2.93. The summed E-state index contributed by atoms with van der Waals surface area (Å²) in [6.45, 7) is 0. The molecule has 0 fully saturated rings. The second-order valence-electron chi connectivity index (χ2n) is 2.16. The molecule has 1 heterocycles. The molecule has 0 aliphatic heterocycles. The van der Waals surface area contributed by atoms with E-state index in [1.807, 2.05) is 0 Å². The molecule has 0 aromatic carbocycles. The highest BCUT2D eigenvalue weighted by molar-refractivity contribution is 9.10. The molecule has 0 radical (unpaired) electrons. The van der Waals surface area contributed by atoms with Crippen molar-refractivity contribution < 1.29 is 14.3 Å². The van der Waals surface area contributed by atoms with Crippen molar-refractivity contribution >= 4 is 21.9 Å². The van der Waals surface area contributed by atoms with Gasteiger partial charge in [-0.15, -0.1) is 0 Å². The van der Waals surface area contributed by atoms with Crippen molar-refractivity contribution in [1.29, 1.82) is 0 Å². The minimum Gasteiger partial charge on any atom is -0.481 e. The minimum atomic E-state index is -1.01. The molecule has 0 spiro atoms. The van der Waals surface area contributed by atoms with Crippen LogP contribution in [0, 0.1) is 5.82 Å². The Bertz CT molecular complexity index is 316. The van der Waals surface area contributed by atoms with Gasteiger partial charge in [-0.05, 0) is 21.5 Å². The molecule has 0 aliphatic carbocycles.